The molecule has 118 valence electrons. The van der Waals surface area contributed by atoms with Gasteiger partial charge in [-0.3, -0.25) is 4.72 Å². The SMILES string of the molecule is Cc1cc(C)c(CCCS(=O)(=O)Nc2ccccc2)c(C)c1. The molecule has 0 saturated heterocycles. The van der Waals surface area contributed by atoms with Crippen LogP contribution in [0.4, 0.5) is 5.69 Å². The molecule has 2 aromatic carbocycles. The molecule has 22 heavy (non-hydrogen) atoms. The number of hydrogen-bond donors (Lipinski definition) is 1. The van der Waals surface area contributed by atoms with Crippen molar-refractivity contribution in [1.29, 1.82) is 0 Å². The topological polar surface area (TPSA) is 46.2 Å². The third-order valence-electron chi connectivity index (χ3n) is 3.73. The van der Waals surface area contributed by atoms with Crippen LogP contribution in [0.25, 0.3) is 0 Å². The van der Waals surface area contributed by atoms with Crippen molar-refractivity contribution in [3.05, 3.63) is 64.7 Å². The van der Waals surface area contributed by atoms with Gasteiger partial charge < -0.3 is 0 Å². The molecule has 0 spiro atoms. The van der Waals surface area contributed by atoms with Crippen molar-refractivity contribution < 1.29 is 8.42 Å². The standard InChI is InChI=1S/C18H23NO2S/c1-14-12-15(2)18(16(3)13-14)10-7-11-22(20,21)19-17-8-5-4-6-9-17/h4-6,8-9,12-13,19H,7,10-11H2,1-3H3. The molecule has 0 unspecified atom stereocenters. The summed E-state index contributed by atoms with van der Waals surface area (Å²) in [6.45, 7) is 6.26. The molecule has 0 heterocycles. The van der Waals surface area contributed by atoms with Crippen LogP contribution >= 0.6 is 0 Å². The maximum absolute atomic E-state index is 12.1. The lowest BCUT2D eigenvalue weighted by molar-refractivity contribution is 0.598. The Morgan fingerprint density at radius 2 is 1.55 bits per heavy atom. The van der Waals surface area contributed by atoms with Gasteiger partial charge in [0.15, 0.2) is 0 Å². The first-order valence-electron chi connectivity index (χ1n) is 7.50. The van der Waals surface area contributed by atoms with Crippen LogP contribution in [0.5, 0.6) is 0 Å². The molecule has 1 N–H and O–H groups in total. The van der Waals surface area contributed by atoms with Gasteiger partial charge in [-0.2, -0.15) is 0 Å². The zero-order valence-electron chi connectivity index (χ0n) is 13.4. The van der Waals surface area contributed by atoms with E-state index in [1.807, 2.05) is 18.2 Å². The zero-order chi connectivity index (χ0) is 16.2. The maximum atomic E-state index is 12.1. The average Bonchev–Trinajstić information content (AvgIpc) is 2.42. The molecule has 2 rings (SSSR count). The molecule has 0 aromatic heterocycles. The molecule has 4 heteroatoms. The van der Waals surface area contributed by atoms with E-state index in [-0.39, 0.29) is 5.75 Å². The predicted molar refractivity (Wildman–Crippen MR) is 92.8 cm³/mol. The number of hydrogen-bond acceptors (Lipinski definition) is 2. The highest BCUT2D eigenvalue weighted by Gasteiger charge is 2.11. The molecule has 0 aliphatic heterocycles. The number of benzene rings is 2. The van der Waals surface area contributed by atoms with E-state index in [1.165, 1.54) is 22.3 Å². The van der Waals surface area contributed by atoms with E-state index in [4.69, 9.17) is 0 Å². The molecule has 0 saturated carbocycles. The Hall–Kier alpha value is -1.81. The van der Waals surface area contributed by atoms with Crippen LogP contribution in [0.1, 0.15) is 28.7 Å². The van der Waals surface area contributed by atoms with Gasteiger partial charge in [0.2, 0.25) is 10.0 Å². The van der Waals surface area contributed by atoms with Crippen LogP contribution in [0.2, 0.25) is 0 Å². The van der Waals surface area contributed by atoms with Gasteiger partial charge in [-0.15, -0.1) is 0 Å². The first-order valence-corrected chi connectivity index (χ1v) is 9.15. The fourth-order valence-electron chi connectivity index (χ4n) is 2.78. The lowest BCUT2D eigenvalue weighted by Crippen LogP contribution is -2.17. The minimum atomic E-state index is -3.29. The van der Waals surface area contributed by atoms with E-state index >= 15 is 0 Å². The molecule has 0 amide bonds. The molecular formula is C18H23NO2S. The van der Waals surface area contributed by atoms with Crippen LogP contribution in [0.15, 0.2) is 42.5 Å². The molecule has 3 nitrogen and oxygen atoms in total. The minimum Gasteiger partial charge on any atom is -0.284 e. The smallest absolute Gasteiger partial charge is 0.232 e. The van der Waals surface area contributed by atoms with Crippen molar-refractivity contribution in [3.8, 4) is 0 Å². The van der Waals surface area contributed by atoms with Crippen LogP contribution in [0, 0.1) is 20.8 Å². The van der Waals surface area contributed by atoms with Gasteiger partial charge in [0.05, 0.1) is 5.75 Å². The van der Waals surface area contributed by atoms with Crippen molar-refractivity contribution in [3.63, 3.8) is 0 Å². The predicted octanol–water partition coefficient (Wildman–Crippen LogP) is 3.99. The Kier molecular flexibility index (Phi) is 5.24. The largest absolute Gasteiger partial charge is 0.284 e. The third kappa shape index (κ3) is 4.60. The molecule has 0 aliphatic rings. The fourth-order valence-corrected chi connectivity index (χ4v) is 3.90. The van der Waals surface area contributed by atoms with Crippen LogP contribution in [0.3, 0.4) is 0 Å². The average molecular weight is 317 g/mol. The first kappa shape index (κ1) is 16.6. The van der Waals surface area contributed by atoms with Crippen LogP contribution in [-0.4, -0.2) is 14.2 Å². The number of rotatable bonds is 6. The van der Waals surface area contributed by atoms with Gasteiger partial charge in [-0.1, -0.05) is 35.9 Å². The molecule has 0 aliphatic carbocycles. The normalized spacial score (nSPS) is 11.4. The van der Waals surface area contributed by atoms with E-state index < -0.39 is 10.0 Å². The molecular weight excluding hydrogens is 294 g/mol. The Labute approximate surface area is 133 Å². The Balaban J connectivity index is 1.96. The number of aryl methyl sites for hydroxylation is 3. The van der Waals surface area contributed by atoms with Gasteiger partial charge in [0, 0.05) is 5.69 Å². The summed E-state index contributed by atoms with van der Waals surface area (Å²) < 4.78 is 26.8. The zero-order valence-corrected chi connectivity index (χ0v) is 14.2. The van der Waals surface area contributed by atoms with Crippen molar-refractivity contribution >= 4 is 15.7 Å². The Morgan fingerprint density at radius 1 is 0.955 bits per heavy atom. The lowest BCUT2D eigenvalue weighted by atomic mass is 9.96. The highest BCUT2D eigenvalue weighted by molar-refractivity contribution is 7.92. The minimum absolute atomic E-state index is 0.134. The summed E-state index contributed by atoms with van der Waals surface area (Å²) in [5, 5.41) is 0. The van der Waals surface area contributed by atoms with Gasteiger partial charge in [-0.05, 0) is 62.4 Å². The lowest BCUT2D eigenvalue weighted by Gasteiger charge is -2.12. The van der Waals surface area contributed by atoms with Gasteiger partial charge >= 0.3 is 0 Å². The van der Waals surface area contributed by atoms with E-state index in [0.717, 1.165) is 6.42 Å². The molecule has 0 fully saturated rings. The second kappa shape index (κ2) is 6.97. The summed E-state index contributed by atoms with van der Waals surface area (Å²) in [5.41, 5.74) is 5.61. The number of nitrogens with one attached hydrogen (secondary N) is 1. The molecule has 0 bridgehead atoms. The monoisotopic (exact) mass is 317 g/mol. The number of sulfonamides is 1. The van der Waals surface area contributed by atoms with Crippen molar-refractivity contribution in [2.75, 3.05) is 10.5 Å². The van der Waals surface area contributed by atoms with Gasteiger partial charge in [0.1, 0.15) is 0 Å². The highest BCUT2D eigenvalue weighted by atomic mass is 32.2. The fraction of sp³-hybridized carbons (Fsp3) is 0.333. The van der Waals surface area contributed by atoms with E-state index in [2.05, 4.69) is 37.6 Å². The number of anilines is 1. The van der Waals surface area contributed by atoms with Crippen LogP contribution in [-0.2, 0) is 16.4 Å². The van der Waals surface area contributed by atoms with E-state index in [0.29, 0.717) is 12.1 Å². The summed E-state index contributed by atoms with van der Waals surface area (Å²) in [6, 6.07) is 13.3. The van der Waals surface area contributed by atoms with Crippen molar-refractivity contribution in [1.82, 2.24) is 0 Å². The summed E-state index contributed by atoms with van der Waals surface area (Å²) in [4.78, 5) is 0. The Bertz CT molecular complexity index is 714. The Morgan fingerprint density at radius 3 is 2.14 bits per heavy atom. The second-order valence-corrected chi connectivity index (χ2v) is 7.61. The molecule has 0 atom stereocenters. The molecule has 2 aromatic rings. The van der Waals surface area contributed by atoms with Crippen LogP contribution < -0.4 is 4.72 Å². The maximum Gasteiger partial charge on any atom is 0.232 e. The summed E-state index contributed by atoms with van der Waals surface area (Å²) in [5.74, 6) is 0.134. The van der Waals surface area contributed by atoms with Crippen molar-refractivity contribution in [2.45, 2.75) is 33.6 Å². The van der Waals surface area contributed by atoms with Gasteiger partial charge in [0.25, 0.3) is 0 Å². The van der Waals surface area contributed by atoms with E-state index in [1.54, 1.807) is 12.1 Å². The second-order valence-electron chi connectivity index (χ2n) is 5.77. The highest BCUT2D eigenvalue weighted by Crippen LogP contribution is 2.18. The molecule has 0 radical (unpaired) electrons. The summed E-state index contributed by atoms with van der Waals surface area (Å²) in [7, 11) is -3.29. The first-order chi connectivity index (χ1) is 10.4. The third-order valence-corrected chi connectivity index (χ3v) is 5.10. The quantitative estimate of drug-likeness (QED) is 0.875. The summed E-state index contributed by atoms with van der Waals surface area (Å²) in [6.07, 6.45) is 1.40. The van der Waals surface area contributed by atoms with Gasteiger partial charge in [-0.25, -0.2) is 8.42 Å². The summed E-state index contributed by atoms with van der Waals surface area (Å²) >= 11 is 0. The van der Waals surface area contributed by atoms with E-state index in [9.17, 15) is 8.42 Å². The number of para-hydroxylation sites is 1. The van der Waals surface area contributed by atoms with Crippen molar-refractivity contribution in [2.24, 2.45) is 0 Å².